The van der Waals surface area contributed by atoms with E-state index in [-0.39, 0.29) is 42.3 Å². The van der Waals surface area contributed by atoms with Crippen LogP contribution in [0, 0.1) is 29.1 Å². The number of rotatable bonds is 8. The average Bonchev–Trinajstić information content (AvgIpc) is 3.43. The second-order valence-corrected chi connectivity index (χ2v) is 10.4. The smallest absolute Gasteiger partial charge is 0.309 e. The fourth-order valence-corrected chi connectivity index (χ4v) is 5.07. The summed E-state index contributed by atoms with van der Waals surface area (Å²) in [5.41, 5.74) is 4.61. The molecule has 37 heavy (non-hydrogen) atoms. The van der Waals surface area contributed by atoms with Gasteiger partial charge < -0.3 is 25.1 Å². The Bertz CT molecular complexity index is 1170. The van der Waals surface area contributed by atoms with Crippen LogP contribution in [0.25, 0.3) is 5.52 Å². The highest BCUT2D eigenvalue weighted by Crippen LogP contribution is 2.42. The SMILES string of the molecule is CC(C)[C@H](C)C(=O)OC[C@H]1O[C@@](C#N)(c2ccc3c(N)ncnn23)[C@H](O)[C@@H]1OC(=O)CC1CCCCC1. The van der Waals surface area contributed by atoms with E-state index in [1.807, 2.05) is 13.8 Å². The molecule has 0 aromatic carbocycles. The first-order chi connectivity index (χ1) is 17.7. The molecule has 4 rings (SSSR count). The van der Waals surface area contributed by atoms with Crippen LogP contribution in [0.3, 0.4) is 0 Å². The first kappa shape index (κ1) is 26.8. The van der Waals surface area contributed by atoms with Gasteiger partial charge in [0.1, 0.15) is 36.7 Å². The van der Waals surface area contributed by atoms with Gasteiger partial charge in [-0.05, 0) is 36.8 Å². The lowest BCUT2D eigenvalue weighted by Crippen LogP contribution is -2.43. The minimum atomic E-state index is -1.95. The van der Waals surface area contributed by atoms with Crippen molar-refractivity contribution in [3.8, 4) is 6.07 Å². The first-order valence-electron chi connectivity index (χ1n) is 12.9. The predicted molar refractivity (Wildman–Crippen MR) is 132 cm³/mol. The largest absolute Gasteiger partial charge is 0.463 e. The molecule has 3 N–H and O–H groups in total. The minimum absolute atomic E-state index is 0.0575. The zero-order valence-electron chi connectivity index (χ0n) is 21.5. The Morgan fingerprint density at radius 3 is 2.70 bits per heavy atom. The van der Waals surface area contributed by atoms with Crippen LogP contribution in [0.5, 0.6) is 0 Å². The van der Waals surface area contributed by atoms with Crippen molar-refractivity contribution in [1.82, 2.24) is 14.6 Å². The molecule has 2 aromatic rings. The van der Waals surface area contributed by atoms with Crippen LogP contribution < -0.4 is 5.73 Å². The topological polar surface area (TPSA) is 162 Å². The second-order valence-electron chi connectivity index (χ2n) is 10.4. The van der Waals surface area contributed by atoms with E-state index in [4.69, 9.17) is 19.9 Å². The van der Waals surface area contributed by atoms with Crippen molar-refractivity contribution in [2.45, 2.75) is 83.2 Å². The highest BCUT2D eigenvalue weighted by Gasteiger charge is 2.60. The molecule has 0 amide bonds. The predicted octanol–water partition coefficient (Wildman–Crippen LogP) is 2.51. The molecule has 0 spiro atoms. The third-order valence-electron chi connectivity index (χ3n) is 7.67. The number of esters is 2. The summed E-state index contributed by atoms with van der Waals surface area (Å²) >= 11 is 0. The Hall–Kier alpha value is -3.23. The average molecular weight is 514 g/mol. The molecule has 0 bridgehead atoms. The number of ether oxygens (including phenoxy) is 3. The molecule has 1 saturated carbocycles. The molecule has 0 radical (unpaired) electrons. The molecule has 2 fully saturated rings. The highest BCUT2D eigenvalue weighted by atomic mass is 16.6. The van der Waals surface area contributed by atoms with Crippen LogP contribution in [0.4, 0.5) is 5.82 Å². The van der Waals surface area contributed by atoms with Gasteiger partial charge in [0.2, 0.25) is 5.60 Å². The molecular weight excluding hydrogens is 478 g/mol. The van der Waals surface area contributed by atoms with Crippen molar-refractivity contribution in [1.29, 1.82) is 5.26 Å². The number of aromatic nitrogens is 3. The lowest BCUT2D eigenvalue weighted by Gasteiger charge is -2.25. The molecular formula is C26H35N5O6. The number of nitrogen functional groups attached to an aromatic ring is 1. The summed E-state index contributed by atoms with van der Waals surface area (Å²) in [6.07, 6.45) is 2.77. The minimum Gasteiger partial charge on any atom is -0.463 e. The molecule has 5 atom stereocenters. The standard InChI is InChI=1S/C26H35N5O6/c1-15(2)16(3)25(34)35-12-19-22(36-21(32)11-17-7-5-4-6-8-17)23(33)26(13-27,37-19)20-10-9-18-24(28)29-14-30-31(18)20/h9-10,14-17,19,22-23,33H,4-8,11-12H2,1-3H3,(H2,28,29,30)/t16-,19+,22+,23+,26-/m0/s1. The van der Waals surface area contributed by atoms with E-state index < -0.39 is 35.9 Å². The molecule has 1 aliphatic carbocycles. The van der Waals surface area contributed by atoms with Crippen molar-refractivity contribution < 1.29 is 28.9 Å². The van der Waals surface area contributed by atoms with Crippen LogP contribution in [0.2, 0.25) is 0 Å². The number of nitrogens with zero attached hydrogens (tertiary/aromatic N) is 4. The molecule has 2 aliphatic rings. The number of carbonyl (C=O) groups excluding carboxylic acids is 2. The summed E-state index contributed by atoms with van der Waals surface area (Å²) in [7, 11) is 0. The number of fused-ring (bicyclic) bond motifs is 1. The van der Waals surface area contributed by atoms with Gasteiger partial charge in [-0.15, -0.1) is 0 Å². The Balaban J connectivity index is 1.61. The number of hydrogen-bond acceptors (Lipinski definition) is 10. The summed E-state index contributed by atoms with van der Waals surface area (Å²) < 4.78 is 18.7. The van der Waals surface area contributed by atoms with Crippen molar-refractivity contribution in [3.63, 3.8) is 0 Å². The fourth-order valence-electron chi connectivity index (χ4n) is 5.07. The van der Waals surface area contributed by atoms with Gasteiger partial charge >= 0.3 is 11.9 Å². The van der Waals surface area contributed by atoms with E-state index in [1.165, 1.54) is 10.8 Å². The van der Waals surface area contributed by atoms with Crippen molar-refractivity contribution in [2.24, 2.45) is 17.8 Å². The van der Waals surface area contributed by atoms with Gasteiger partial charge in [0.15, 0.2) is 11.9 Å². The zero-order chi connectivity index (χ0) is 26.7. The molecule has 11 heteroatoms. The van der Waals surface area contributed by atoms with E-state index >= 15 is 0 Å². The summed E-state index contributed by atoms with van der Waals surface area (Å²) in [6, 6.07) is 5.23. The second kappa shape index (κ2) is 11.0. The van der Waals surface area contributed by atoms with E-state index in [0.29, 0.717) is 5.52 Å². The summed E-state index contributed by atoms with van der Waals surface area (Å²) in [5, 5.41) is 25.9. The Kier molecular flexibility index (Phi) is 7.99. The summed E-state index contributed by atoms with van der Waals surface area (Å²) in [4.78, 5) is 29.4. The van der Waals surface area contributed by atoms with Crippen molar-refractivity contribution >= 4 is 23.3 Å². The van der Waals surface area contributed by atoms with Gasteiger partial charge in [-0.3, -0.25) is 9.59 Å². The number of anilines is 1. The van der Waals surface area contributed by atoms with Gasteiger partial charge in [-0.1, -0.05) is 40.0 Å². The Morgan fingerprint density at radius 2 is 2.03 bits per heavy atom. The molecule has 2 aromatic heterocycles. The maximum absolute atomic E-state index is 12.9. The molecule has 200 valence electrons. The Morgan fingerprint density at radius 1 is 1.30 bits per heavy atom. The molecule has 1 saturated heterocycles. The fraction of sp³-hybridized carbons (Fsp3) is 0.654. The summed E-state index contributed by atoms with van der Waals surface area (Å²) in [6.45, 7) is 5.28. The molecule has 3 heterocycles. The van der Waals surface area contributed by atoms with Gasteiger partial charge in [-0.2, -0.15) is 10.4 Å². The van der Waals surface area contributed by atoms with E-state index in [1.54, 1.807) is 19.1 Å². The van der Waals surface area contributed by atoms with Crippen LogP contribution >= 0.6 is 0 Å². The van der Waals surface area contributed by atoms with E-state index in [0.717, 1.165) is 32.1 Å². The maximum atomic E-state index is 12.9. The number of carbonyl (C=O) groups is 2. The van der Waals surface area contributed by atoms with Crippen LogP contribution in [0.1, 0.15) is 65.0 Å². The van der Waals surface area contributed by atoms with Gasteiger partial charge in [0.25, 0.3) is 0 Å². The van der Waals surface area contributed by atoms with Gasteiger partial charge in [0.05, 0.1) is 11.6 Å². The quantitative estimate of drug-likeness (QED) is 0.502. The molecule has 0 unspecified atom stereocenters. The third kappa shape index (κ3) is 5.26. The van der Waals surface area contributed by atoms with Crippen molar-refractivity contribution in [3.05, 3.63) is 24.2 Å². The number of nitriles is 1. The number of nitrogens with two attached hydrogens (primary N) is 1. The third-order valence-corrected chi connectivity index (χ3v) is 7.67. The van der Waals surface area contributed by atoms with Gasteiger partial charge in [-0.25, -0.2) is 9.50 Å². The lowest BCUT2D eigenvalue weighted by atomic mass is 9.87. The van der Waals surface area contributed by atoms with Crippen LogP contribution in [-0.4, -0.2) is 56.6 Å². The Labute approximate surface area is 215 Å². The normalized spacial score (nSPS) is 27.2. The highest BCUT2D eigenvalue weighted by molar-refractivity contribution is 5.72. The number of aliphatic hydroxyl groups is 1. The van der Waals surface area contributed by atoms with E-state index in [9.17, 15) is 20.0 Å². The van der Waals surface area contributed by atoms with Gasteiger partial charge in [0, 0.05) is 6.42 Å². The maximum Gasteiger partial charge on any atom is 0.309 e. The van der Waals surface area contributed by atoms with Crippen molar-refractivity contribution in [2.75, 3.05) is 12.3 Å². The lowest BCUT2D eigenvalue weighted by molar-refractivity contribution is -0.163. The summed E-state index contributed by atoms with van der Waals surface area (Å²) in [5.74, 6) is -0.824. The van der Waals surface area contributed by atoms with Crippen LogP contribution in [-0.2, 0) is 29.4 Å². The monoisotopic (exact) mass is 513 g/mol. The zero-order valence-corrected chi connectivity index (χ0v) is 21.5. The number of hydrogen-bond donors (Lipinski definition) is 2. The molecule has 11 nitrogen and oxygen atoms in total. The van der Waals surface area contributed by atoms with E-state index in [2.05, 4.69) is 16.2 Å². The number of aliphatic hydroxyl groups excluding tert-OH is 1. The van der Waals surface area contributed by atoms with Crippen LogP contribution in [0.15, 0.2) is 18.5 Å². The first-order valence-corrected chi connectivity index (χ1v) is 12.9. The molecule has 1 aliphatic heterocycles.